The SMILES string of the molecule is COc1cccc(NC2CC(C)N(C(C)=O)c3ccccc32)c1. The molecule has 0 saturated heterocycles. The lowest BCUT2D eigenvalue weighted by molar-refractivity contribution is -0.117. The maximum Gasteiger partial charge on any atom is 0.224 e. The summed E-state index contributed by atoms with van der Waals surface area (Å²) in [6, 6.07) is 16.4. The smallest absolute Gasteiger partial charge is 0.224 e. The average Bonchev–Trinajstić information content (AvgIpc) is 2.54. The highest BCUT2D eigenvalue weighted by Crippen LogP contribution is 2.39. The van der Waals surface area contributed by atoms with Gasteiger partial charge in [-0.25, -0.2) is 0 Å². The Morgan fingerprint density at radius 3 is 2.74 bits per heavy atom. The third kappa shape index (κ3) is 3.02. The third-order valence-corrected chi connectivity index (χ3v) is 4.34. The van der Waals surface area contributed by atoms with Gasteiger partial charge in [-0.05, 0) is 37.1 Å². The first-order valence-corrected chi connectivity index (χ1v) is 7.89. The Balaban J connectivity index is 1.94. The van der Waals surface area contributed by atoms with Crippen molar-refractivity contribution in [3.8, 4) is 5.75 Å². The summed E-state index contributed by atoms with van der Waals surface area (Å²) >= 11 is 0. The van der Waals surface area contributed by atoms with Crippen LogP contribution in [0.5, 0.6) is 5.75 Å². The van der Waals surface area contributed by atoms with Crippen molar-refractivity contribution in [1.29, 1.82) is 0 Å². The molecule has 1 N–H and O–H groups in total. The first-order valence-electron chi connectivity index (χ1n) is 7.89. The van der Waals surface area contributed by atoms with Crippen molar-refractivity contribution >= 4 is 17.3 Å². The van der Waals surface area contributed by atoms with Crippen LogP contribution in [0.2, 0.25) is 0 Å². The van der Waals surface area contributed by atoms with E-state index in [0.29, 0.717) is 0 Å². The molecule has 120 valence electrons. The number of hydrogen-bond donors (Lipinski definition) is 1. The second-order valence-electron chi connectivity index (χ2n) is 5.96. The number of ether oxygens (including phenoxy) is 1. The topological polar surface area (TPSA) is 41.6 Å². The number of carbonyl (C=O) groups excluding carboxylic acids is 1. The van der Waals surface area contributed by atoms with Crippen molar-refractivity contribution in [2.45, 2.75) is 32.4 Å². The van der Waals surface area contributed by atoms with Gasteiger partial charge in [0.15, 0.2) is 0 Å². The fourth-order valence-corrected chi connectivity index (χ4v) is 3.34. The maximum atomic E-state index is 12.0. The van der Waals surface area contributed by atoms with Gasteiger partial charge < -0.3 is 15.0 Å². The van der Waals surface area contributed by atoms with Gasteiger partial charge >= 0.3 is 0 Å². The molecule has 1 heterocycles. The van der Waals surface area contributed by atoms with Gasteiger partial charge in [0.05, 0.1) is 13.2 Å². The van der Waals surface area contributed by atoms with Crippen LogP contribution in [0.25, 0.3) is 0 Å². The molecule has 0 aromatic heterocycles. The second kappa shape index (κ2) is 6.32. The molecule has 2 atom stereocenters. The number of para-hydroxylation sites is 1. The van der Waals surface area contributed by atoms with Crippen LogP contribution in [0.3, 0.4) is 0 Å². The number of benzene rings is 2. The van der Waals surface area contributed by atoms with E-state index < -0.39 is 0 Å². The van der Waals surface area contributed by atoms with Crippen LogP contribution in [-0.2, 0) is 4.79 Å². The van der Waals surface area contributed by atoms with E-state index in [-0.39, 0.29) is 18.0 Å². The predicted molar refractivity (Wildman–Crippen MR) is 93.0 cm³/mol. The highest BCUT2D eigenvalue weighted by Gasteiger charge is 2.31. The molecule has 0 bridgehead atoms. The van der Waals surface area contributed by atoms with Crippen LogP contribution in [0.4, 0.5) is 11.4 Å². The summed E-state index contributed by atoms with van der Waals surface area (Å²) in [6.07, 6.45) is 0.869. The van der Waals surface area contributed by atoms with E-state index in [1.807, 2.05) is 47.4 Å². The molecular weight excluding hydrogens is 288 g/mol. The highest BCUT2D eigenvalue weighted by atomic mass is 16.5. The Hall–Kier alpha value is -2.49. The monoisotopic (exact) mass is 310 g/mol. The third-order valence-electron chi connectivity index (χ3n) is 4.34. The summed E-state index contributed by atoms with van der Waals surface area (Å²) in [5.74, 6) is 0.919. The minimum atomic E-state index is 0.0878. The number of carbonyl (C=O) groups is 1. The molecule has 0 fully saturated rings. The van der Waals surface area contributed by atoms with E-state index in [1.54, 1.807) is 14.0 Å². The number of anilines is 2. The van der Waals surface area contributed by atoms with Crippen molar-refractivity contribution in [3.63, 3.8) is 0 Å². The van der Waals surface area contributed by atoms with Gasteiger partial charge in [0.2, 0.25) is 5.91 Å². The molecule has 4 nitrogen and oxygen atoms in total. The zero-order valence-corrected chi connectivity index (χ0v) is 13.7. The van der Waals surface area contributed by atoms with Crippen LogP contribution in [0.15, 0.2) is 48.5 Å². The summed E-state index contributed by atoms with van der Waals surface area (Å²) < 4.78 is 5.29. The van der Waals surface area contributed by atoms with Crippen molar-refractivity contribution < 1.29 is 9.53 Å². The largest absolute Gasteiger partial charge is 0.497 e. The average molecular weight is 310 g/mol. The van der Waals surface area contributed by atoms with Crippen LogP contribution < -0.4 is 15.0 Å². The molecular formula is C19H22N2O2. The van der Waals surface area contributed by atoms with Gasteiger partial charge in [-0.3, -0.25) is 4.79 Å². The zero-order chi connectivity index (χ0) is 16.4. The fourth-order valence-electron chi connectivity index (χ4n) is 3.34. The zero-order valence-electron chi connectivity index (χ0n) is 13.7. The molecule has 2 aromatic rings. The summed E-state index contributed by atoms with van der Waals surface area (Å²) in [6.45, 7) is 3.72. The molecule has 4 heteroatoms. The molecule has 0 radical (unpaired) electrons. The molecule has 0 spiro atoms. The predicted octanol–water partition coefficient (Wildman–Crippen LogP) is 3.99. The molecule has 23 heavy (non-hydrogen) atoms. The van der Waals surface area contributed by atoms with Crippen molar-refractivity contribution in [1.82, 2.24) is 0 Å². The van der Waals surface area contributed by atoms with Crippen LogP contribution >= 0.6 is 0 Å². The van der Waals surface area contributed by atoms with Gasteiger partial charge in [0.1, 0.15) is 5.75 Å². The molecule has 3 rings (SSSR count). The van der Waals surface area contributed by atoms with Gasteiger partial charge in [0.25, 0.3) is 0 Å². The summed E-state index contributed by atoms with van der Waals surface area (Å²) in [5, 5.41) is 3.58. The van der Waals surface area contributed by atoms with Crippen LogP contribution in [-0.4, -0.2) is 19.1 Å². The Bertz CT molecular complexity index is 714. The van der Waals surface area contributed by atoms with Crippen molar-refractivity contribution in [2.24, 2.45) is 0 Å². The van der Waals surface area contributed by atoms with E-state index in [0.717, 1.165) is 29.1 Å². The normalized spacial score (nSPS) is 19.9. The number of amides is 1. The number of rotatable bonds is 3. The fraction of sp³-hybridized carbons (Fsp3) is 0.316. The van der Waals surface area contributed by atoms with Gasteiger partial charge in [-0.15, -0.1) is 0 Å². The summed E-state index contributed by atoms with van der Waals surface area (Å²) in [5.41, 5.74) is 3.18. The molecule has 0 saturated carbocycles. The highest BCUT2D eigenvalue weighted by molar-refractivity contribution is 5.93. The second-order valence-corrected chi connectivity index (χ2v) is 5.96. The molecule has 1 aliphatic heterocycles. The van der Waals surface area contributed by atoms with Gasteiger partial charge in [-0.1, -0.05) is 24.3 Å². The standard InChI is InChI=1S/C19H22N2O2/c1-13-11-18(20-15-7-6-8-16(12-15)23-3)17-9-4-5-10-19(17)21(13)14(2)22/h4-10,12-13,18,20H,11H2,1-3H3. The minimum Gasteiger partial charge on any atom is -0.497 e. The lowest BCUT2D eigenvalue weighted by Gasteiger charge is -2.39. The van der Waals surface area contributed by atoms with Crippen LogP contribution in [0, 0.1) is 0 Å². The molecule has 2 unspecified atom stereocenters. The van der Waals surface area contributed by atoms with Crippen molar-refractivity contribution in [2.75, 3.05) is 17.3 Å². The van der Waals surface area contributed by atoms with E-state index in [1.165, 1.54) is 0 Å². The number of methoxy groups -OCH3 is 1. The molecule has 1 amide bonds. The van der Waals surface area contributed by atoms with Gasteiger partial charge in [-0.2, -0.15) is 0 Å². The number of nitrogens with zero attached hydrogens (tertiary/aromatic N) is 1. The first kappa shape index (κ1) is 15.4. The van der Waals surface area contributed by atoms with E-state index >= 15 is 0 Å². The lowest BCUT2D eigenvalue weighted by Crippen LogP contribution is -2.43. The van der Waals surface area contributed by atoms with E-state index in [9.17, 15) is 4.79 Å². The molecule has 0 aliphatic carbocycles. The maximum absolute atomic E-state index is 12.0. The Morgan fingerprint density at radius 2 is 2.00 bits per heavy atom. The number of hydrogen-bond acceptors (Lipinski definition) is 3. The van der Waals surface area contributed by atoms with Crippen LogP contribution in [0.1, 0.15) is 31.9 Å². The van der Waals surface area contributed by atoms with E-state index in [4.69, 9.17) is 4.74 Å². The number of nitrogens with one attached hydrogen (secondary N) is 1. The number of fused-ring (bicyclic) bond motifs is 1. The van der Waals surface area contributed by atoms with Crippen molar-refractivity contribution in [3.05, 3.63) is 54.1 Å². The quantitative estimate of drug-likeness (QED) is 0.932. The summed E-state index contributed by atoms with van der Waals surface area (Å²) in [7, 11) is 1.67. The summed E-state index contributed by atoms with van der Waals surface area (Å²) in [4.78, 5) is 13.9. The molecule has 2 aromatic carbocycles. The Morgan fingerprint density at radius 1 is 1.22 bits per heavy atom. The minimum absolute atomic E-state index is 0.0878. The first-order chi connectivity index (χ1) is 11.1. The Kier molecular flexibility index (Phi) is 4.24. The van der Waals surface area contributed by atoms with Gasteiger partial charge in [0, 0.05) is 30.4 Å². The molecule has 1 aliphatic rings. The lowest BCUT2D eigenvalue weighted by atomic mass is 9.91. The van der Waals surface area contributed by atoms with E-state index in [2.05, 4.69) is 18.3 Å². The Labute approximate surface area is 137 Å².